The average Bonchev–Trinajstić information content (AvgIpc) is 2.40. The van der Waals surface area contributed by atoms with Crippen LogP contribution in [0.2, 0.25) is 0 Å². The summed E-state index contributed by atoms with van der Waals surface area (Å²) in [5.74, 6) is -0.415. The summed E-state index contributed by atoms with van der Waals surface area (Å²) in [4.78, 5) is 24.8. The lowest BCUT2D eigenvalue weighted by Gasteiger charge is -2.30. The second-order valence-corrected chi connectivity index (χ2v) is 4.03. The molecular formula is C12H25N3O3. The molecule has 0 saturated carbocycles. The van der Waals surface area contributed by atoms with Gasteiger partial charge in [0.25, 0.3) is 0 Å². The van der Waals surface area contributed by atoms with Crippen LogP contribution in [0.15, 0.2) is 0 Å². The predicted octanol–water partition coefficient (Wildman–Crippen LogP) is -0.275. The van der Waals surface area contributed by atoms with Crippen molar-refractivity contribution in [2.24, 2.45) is 5.73 Å². The van der Waals surface area contributed by atoms with Gasteiger partial charge in [-0.1, -0.05) is 13.8 Å². The molecule has 0 heterocycles. The number of hydrogen-bond donors (Lipinski definition) is 2. The molecule has 0 aromatic rings. The Kier molecular flexibility index (Phi) is 9.22. The number of hydrogen-bond acceptors (Lipinski definition) is 4. The van der Waals surface area contributed by atoms with Crippen LogP contribution in [-0.2, 0) is 14.3 Å². The number of amides is 2. The van der Waals surface area contributed by atoms with Crippen molar-refractivity contribution in [3.63, 3.8) is 0 Å². The van der Waals surface area contributed by atoms with E-state index < -0.39 is 0 Å². The number of nitrogens with one attached hydrogen (secondary N) is 1. The Morgan fingerprint density at radius 2 is 1.94 bits per heavy atom. The number of carbonyl (C=O) groups is 2. The molecule has 0 aromatic carbocycles. The lowest BCUT2D eigenvalue weighted by molar-refractivity contribution is -0.135. The molecule has 0 rings (SSSR count). The third kappa shape index (κ3) is 5.97. The smallest absolute Gasteiger partial charge is 0.242 e. The summed E-state index contributed by atoms with van der Waals surface area (Å²) in [7, 11) is 1.60. The molecule has 0 spiro atoms. The molecule has 0 aliphatic heterocycles. The number of carbonyl (C=O) groups excluding carboxylic acids is 2. The molecule has 0 atom stereocenters. The van der Waals surface area contributed by atoms with E-state index in [1.165, 1.54) is 0 Å². The Labute approximate surface area is 109 Å². The van der Waals surface area contributed by atoms with Gasteiger partial charge in [-0.2, -0.15) is 0 Å². The first-order valence-electron chi connectivity index (χ1n) is 6.35. The zero-order valence-electron chi connectivity index (χ0n) is 11.6. The average molecular weight is 259 g/mol. The van der Waals surface area contributed by atoms with E-state index in [-0.39, 0.29) is 30.9 Å². The van der Waals surface area contributed by atoms with Gasteiger partial charge in [-0.15, -0.1) is 0 Å². The van der Waals surface area contributed by atoms with Gasteiger partial charge in [-0.3, -0.25) is 9.59 Å². The third-order valence-corrected chi connectivity index (χ3v) is 2.86. The number of ether oxygens (including phenoxy) is 1. The number of methoxy groups -OCH3 is 1. The molecule has 0 bridgehead atoms. The zero-order chi connectivity index (χ0) is 14.0. The molecule has 106 valence electrons. The highest BCUT2D eigenvalue weighted by Gasteiger charge is 2.20. The number of rotatable bonds is 9. The molecule has 2 amide bonds. The van der Waals surface area contributed by atoms with Crippen LogP contribution in [0.3, 0.4) is 0 Å². The van der Waals surface area contributed by atoms with Crippen molar-refractivity contribution in [2.75, 3.05) is 33.4 Å². The third-order valence-electron chi connectivity index (χ3n) is 2.86. The van der Waals surface area contributed by atoms with Crippen LogP contribution in [0.5, 0.6) is 0 Å². The zero-order valence-corrected chi connectivity index (χ0v) is 11.6. The molecule has 0 saturated heterocycles. The molecule has 18 heavy (non-hydrogen) atoms. The first-order chi connectivity index (χ1) is 8.60. The molecule has 0 aliphatic rings. The van der Waals surface area contributed by atoms with Crippen molar-refractivity contribution in [1.82, 2.24) is 10.2 Å². The summed E-state index contributed by atoms with van der Waals surface area (Å²) in [6, 6.07) is 0.183. The minimum atomic E-state index is -0.320. The Bertz CT molecular complexity index is 255. The lowest BCUT2D eigenvalue weighted by atomic mass is 10.1. The van der Waals surface area contributed by atoms with Gasteiger partial charge in [0.15, 0.2) is 0 Å². The largest absolute Gasteiger partial charge is 0.383 e. The number of nitrogens with zero attached hydrogens (tertiary/aromatic N) is 1. The Morgan fingerprint density at radius 3 is 2.39 bits per heavy atom. The number of nitrogens with two attached hydrogens (primary N) is 1. The molecule has 0 aliphatic carbocycles. The summed E-state index contributed by atoms with van der Waals surface area (Å²) in [5, 5.41) is 2.50. The van der Waals surface area contributed by atoms with Crippen molar-refractivity contribution < 1.29 is 14.3 Å². The maximum atomic E-state index is 12.0. The van der Waals surface area contributed by atoms with Crippen LogP contribution in [-0.4, -0.2) is 56.1 Å². The van der Waals surface area contributed by atoms with Crippen LogP contribution in [0.1, 0.15) is 26.7 Å². The first kappa shape index (κ1) is 16.9. The van der Waals surface area contributed by atoms with Gasteiger partial charge < -0.3 is 20.7 Å². The van der Waals surface area contributed by atoms with Gasteiger partial charge in [0.05, 0.1) is 19.7 Å². The Morgan fingerprint density at radius 1 is 1.33 bits per heavy atom. The van der Waals surface area contributed by atoms with Crippen LogP contribution in [0.25, 0.3) is 0 Å². The minimum absolute atomic E-state index is 0.00372. The van der Waals surface area contributed by atoms with E-state index in [0.717, 1.165) is 12.8 Å². The van der Waals surface area contributed by atoms with Gasteiger partial charge in [-0.25, -0.2) is 0 Å². The van der Waals surface area contributed by atoms with E-state index in [9.17, 15) is 9.59 Å². The van der Waals surface area contributed by atoms with E-state index >= 15 is 0 Å². The van der Waals surface area contributed by atoms with Gasteiger partial charge in [0, 0.05) is 19.7 Å². The molecule has 0 fully saturated rings. The highest BCUT2D eigenvalue weighted by molar-refractivity contribution is 5.85. The highest BCUT2D eigenvalue weighted by atomic mass is 16.5. The summed E-state index contributed by atoms with van der Waals surface area (Å²) in [6.07, 6.45) is 1.77. The van der Waals surface area contributed by atoms with Gasteiger partial charge in [-0.05, 0) is 12.8 Å². The maximum Gasteiger partial charge on any atom is 0.242 e. The SMILES string of the molecule is CCC(CC)N(CCOC)C(=O)CNC(=O)CN. The normalized spacial score (nSPS) is 10.5. The quantitative estimate of drug-likeness (QED) is 0.596. The first-order valence-corrected chi connectivity index (χ1v) is 6.35. The highest BCUT2D eigenvalue weighted by Crippen LogP contribution is 2.08. The second-order valence-electron chi connectivity index (χ2n) is 4.03. The maximum absolute atomic E-state index is 12.0. The van der Waals surface area contributed by atoms with Gasteiger partial charge in [0.2, 0.25) is 11.8 Å². The fraction of sp³-hybridized carbons (Fsp3) is 0.833. The summed E-state index contributed by atoms with van der Waals surface area (Å²) in [6.45, 7) is 5.01. The van der Waals surface area contributed by atoms with E-state index in [2.05, 4.69) is 5.32 Å². The van der Waals surface area contributed by atoms with Gasteiger partial charge in [0.1, 0.15) is 0 Å². The van der Waals surface area contributed by atoms with E-state index in [0.29, 0.717) is 13.2 Å². The van der Waals surface area contributed by atoms with E-state index in [4.69, 9.17) is 10.5 Å². The fourth-order valence-corrected chi connectivity index (χ4v) is 1.78. The van der Waals surface area contributed by atoms with E-state index in [1.54, 1.807) is 12.0 Å². The summed E-state index contributed by atoms with van der Waals surface area (Å²) < 4.78 is 5.01. The lowest BCUT2D eigenvalue weighted by Crippen LogP contribution is -2.47. The van der Waals surface area contributed by atoms with Crippen molar-refractivity contribution >= 4 is 11.8 Å². The standard InChI is InChI=1S/C12H25N3O3/c1-4-10(5-2)15(6-7-18-3)12(17)9-14-11(16)8-13/h10H,4-9,13H2,1-3H3,(H,14,16). The van der Waals surface area contributed by atoms with Gasteiger partial charge >= 0.3 is 0 Å². The molecular weight excluding hydrogens is 234 g/mol. The molecule has 0 aromatic heterocycles. The summed E-state index contributed by atoms with van der Waals surface area (Å²) >= 11 is 0. The second kappa shape index (κ2) is 9.85. The molecule has 0 unspecified atom stereocenters. The molecule has 0 radical (unpaired) electrons. The van der Waals surface area contributed by atoms with Crippen molar-refractivity contribution in [2.45, 2.75) is 32.7 Å². The van der Waals surface area contributed by atoms with Crippen molar-refractivity contribution in [3.05, 3.63) is 0 Å². The summed E-state index contributed by atoms with van der Waals surface area (Å²) in [5.41, 5.74) is 5.17. The fourth-order valence-electron chi connectivity index (χ4n) is 1.78. The Hall–Kier alpha value is -1.14. The molecule has 6 heteroatoms. The molecule has 3 N–H and O–H groups in total. The van der Waals surface area contributed by atoms with Crippen LogP contribution >= 0.6 is 0 Å². The van der Waals surface area contributed by atoms with Crippen molar-refractivity contribution in [3.8, 4) is 0 Å². The minimum Gasteiger partial charge on any atom is -0.383 e. The van der Waals surface area contributed by atoms with Crippen LogP contribution in [0.4, 0.5) is 0 Å². The monoisotopic (exact) mass is 259 g/mol. The topological polar surface area (TPSA) is 84.7 Å². The van der Waals surface area contributed by atoms with Crippen molar-refractivity contribution in [1.29, 1.82) is 0 Å². The van der Waals surface area contributed by atoms with Crippen LogP contribution in [0, 0.1) is 0 Å². The van der Waals surface area contributed by atoms with Crippen LogP contribution < -0.4 is 11.1 Å². The predicted molar refractivity (Wildman–Crippen MR) is 70.0 cm³/mol. The van der Waals surface area contributed by atoms with E-state index in [1.807, 2.05) is 13.8 Å². The molecule has 6 nitrogen and oxygen atoms in total. The Balaban J connectivity index is 4.43.